The molecule has 0 fully saturated rings. The zero-order valence-electron chi connectivity index (χ0n) is 10.7. The van der Waals surface area contributed by atoms with E-state index in [0.29, 0.717) is 0 Å². The molecule has 0 saturated heterocycles. The Kier molecular flexibility index (Phi) is 6.08. The molecule has 0 aliphatic rings. The molecular formula is C11H15BrN4S3. The maximum atomic E-state index is 4.15. The van der Waals surface area contributed by atoms with Crippen LogP contribution in [0.4, 0.5) is 5.13 Å². The third-order valence-electron chi connectivity index (χ3n) is 2.20. The molecule has 1 N–H and O–H groups in total. The number of anilines is 1. The second-order valence-corrected chi connectivity index (χ2v) is 8.21. The summed E-state index contributed by atoms with van der Waals surface area (Å²) >= 11 is 8.61. The summed E-state index contributed by atoms with van der Waals surface area (Å²) in [7, 11) is 3.96. The summed E-state index contributed by atoms with van der Waals surface area (Å²) in [5.41, 5.74) is 0. The Morgan fingerprint density at radius 2 is 2.26 bits per heavy atom. The Hall–Kier alpha value is -0.150. The van der Waals surface area contributed by atoms with Crippen molar-refractivity contribution in [2.75, 3.05) is 31.3 Å². The standard InChI is InChI=1S/C11H15BrN4S3/c1-16(2)10-14-15-11(19-10)17-4-3-13-6-9-5-8(12)7-18-9/h5,7,13H,3-4,6H2,1-2H3. The van der Waals surface area contributed by atoms with Gasteiger partial charge in [0.05, 0.1) is 0 Å². The van der Waals surface area contributed by atoms with E-state index in [2.05, 4.69) is 42.9 Å². The van der Waals surface area contributed by atoms with Crippen LogP contribution in [0.2, 0.25) is 0 Å². The average molecular weight is 379 g/mol. The lowest BCUT2D eigenvalue weighted by Gasteiger charge is -2.03. The molecule has 4 nitrogen and oxygen atoms in total. The van der Waals surface area contributed by atoms with Gasteiger partial charge in [0.2, 0.25) is 5.13 Å². The molecule has 0 unspecified atom stereocenters. The summed E-state index contributed by atoms with van der Waals surface area (Å²) < 4.78 is 2.19. The van der Waals surface area contributed by atoms with Gasteiger partial charge in [0, 0.05) is 47.7 Å². The van der Waals surface area contributed by atoms with Crippen molar-refractivity contribution < 1.29 is 0 Å². The fraction of sp³-hybridized carbons (Fsp3) is 0.455. The van der Waals surface area contributed by atoms with Gasteiger partial charge >= 0.3 is 0 Å². The average Bonchev–Trinajstić information content (AvgIpc) is 2.98. The van der Waals surface area contributed by atoms with Crippen LogP contribution in [0.3, 0.4) is 0 Å². The maximum Gasteiger partial charge on any atom is 0.208 e. The lowest BCUT2D eigenvalue weighted by molar-refractivity contribution is 0.740. The van der Waals surface area contributed by atoms with Crippen LogP contribution in [0.25, 0.3) is 0 Å². The molecule has 0 bridgehead atoms. The fourth-order valence-corrected chi connectivity index (χ4v) is 4.46. The highest BCUT2D eigenvalue weighted by Crippen LogP contribution is 2.26. The number of halogens is 1. The highest BCUT2D eigenvalue weighted by Gasteiger charge is 2.05. The highest BCUT2D eigenvalue weighted by atomic mass is 79.9. The summed E-state index contributed by atoms with van der Waals surface area (Å²) in [5, 5.41) is 14.8. The molecule has 104 valence electrons. The molecule has 0 spiro atoms. The third kappa shape index (κ3) is 5.03. The predicted octanol–water partition coefficient (Wildman–Crippen LogP) is 3.31. The maximum absolute atomic E-state index is 4.15. The van der Waals surface area contributed by atoms with Crippen molar-refractivity contribution in [3.05, 3.63) is 20.8 Å². The molecule has 0 saturated carbocycles. The van der Waals surface area contributed by atoms with E-state index in [4.69, 9.17) is 0 Å². The smallest absolute Gasteiger partial charge is 0.208 e. The van der Waals surface area contributed by atoms with Crippen molar-refractivity contribution in [1.29, 1.82) is 0 Å². The Labute approximate surface area is 133 Å². The van der Waals surface area contributed by atoms with Gasteiger partial charge in [0.1, 0.15) is 0 Å². The van der Waals surface area contributed by atoms with Gasteiger partial charge in [-0.1, -0.05) is 23.1 Å². The minimum Gasteiger partial charge on any atom is -0.353 e. The minimum atomic E-state index is 0.926. The molecular weight excluding hydrogens is 364 g/mol. The van der Waals surface area contributed by atoms with Crippen molar-refractivity contribution in [3.63, 3.8) is 0 Å². The summed E-state index contributed by atoms with van der Waals surface area (Å²) in [6.45, 7) is 1.90. The summed E-state index contributed by atoms with van der Waals surface area (Å²) in [6, 6.07) is 2.15. The summed E-state index contributed by atoms with van der Waals surface area (Å²) in [4.78, 5) is 3.33. The molecule has 2 heterocycles. The van der Waals surface area contributed by atoms with Gasteiger partial charge in [-0.25, -0.2) is 0 Å². The van der Waals surface area contributed by atoms with E-state index in [9.17, 15) is 0 Å². The first-order chi connectivity index (χ1) is 9.15. The van der Waals surface area contributed by atoms with Gasteiger partial charge in [-0.2, -0.15) is 0 Å². The van der Waals surface area contributed by atoms with E-state index < -0.39 is 0 Å². The Bertz CT molecular complexity index is 512. The van der Waals surface area contributed by atoms with Gasteiger partial charge < -0.3 is 10.2 Å². The van der Waals surface area contributed by atoms with Gasteiger partial charge in [-0.05, 0) is 22.0 Å². The lowest BCUT2D eigenvalue weighted by atomic mass is 10.4. The first kappa shape index (κ1) is 15.2. The van der Waals surface area contributed by atoms with Gasteiger partial charge in [-0.3, -0.25) is 0 Å². The third-order valence-corrected chi connectivity index (χ3v) is 6.13. The molecule has 8 heteroatoms. The van der Waals surface area contributed by atoms with E-state index >= 15 is 0 Å². The highest BCUT2D eigenvalue weighted by molar-refractivity contribution is 9.10. The van der Waals surface area contributed by atoms with E-state index in [0.717, 1.165) is 32.8 Å². The second kappa shape index (κ2) is 7.58. The van der Waals surface area contributed by atoms with Crippen LogP contribution in [0.5, 0.6) is 0 Å². The van der Waals surface area contributed by atoms with Crippen molar-refractivity contribution >= 4 is 55.5 Å². The molecule has 0 aliphatic carbocycles. The number of thiophene rings is 1. The lowest BCUT2D eigenvalue weighted by Crippen LogP contribution is -2.15. The van der Waals surface area contributed by atoms with Crippen LogP contribution in [-0.2, 0) is 6.54 Å². The van der Waals surface area contributed by atoms with Gasteiger partial charge in [0.25, 0.3) is 0 Å². The normalized spacial score (nSPS) is 10.9. The number of hydrogen-bond donors (Lipinski definition) is 1. The van der Waals surface area contributed by atoms with Crippen molar-refractivity contribution in [2.24, 2.45) is 0 Å². The number of nitrogens with one attached hydrogen (secondary N) is 1. The Morgan fingerprint density at radius 1 is 1.42 bits per heavy atom. The van der Waals surface area contributed by atoms with E-state index in [1.165, 1.54) is 4.88 Å². The van der Waals surface area contributed by atoms with Crippen LogP contribution in [0.15, 0.2) is 20.3 Å². The number of thioether (sulfide) groups is 1. The molecule has 2 aromatic heterocycles. The van der Waals surface area contributed by atoms with Crippen molar-refractivity contribution in [2.45, 2.75) is 10.9 Å². The van der Waals surface area contributed by atoms with Crippen LogP contribution in [0, 0.1) is 0 Å². The zero-order chi connectivity index (χ0) is 13.7. The first-order valence-electron chi connectivity index (χ1n) is 5.72. The zero-order valence-corrected chi connectivity index (χ0v) is 14.8. The van der Waals surface area contributed by atoms with Crippen molar-refractivity contribution in [3.8, 4) is 0 Å². The molecule has 0 radical (unpaired) electrons. The monoisotopic (exact) mass is 378 g/mol. The predicted molar refractivity (Wildman–Crippen MR) is 88.7 cm³/mol. The van der Waals surface area contributed by atoms with E-state index in [-0.39, 0.29) is 0 Å². The van der Waals surface area contributed by atoms with E-state index in [1.54, 1.807) is 34.4 Å². The number of hydrogen-bond acceptors (Lipinski definition) is 7. The summed E-state index contributed by atoms with van der Waals surface area (Å²) in [5.74, 6) is 1.01. The molecule has 0 aromatic carbocycles. The number of rotatable bonds is 7. The first-order valence-corrected chi connectivity index (χ1v) is 9.20. The van der Waals surface area contributed by atoms with Crippen LogP contribution >= 0.6 is 50.4 Å². The van der Waals surface area contributed by atoms with Gasteiger partial charge in [-0.15, -0.1) is 21.5 Å². The quantitative estimate of drug-likeness (QED) is 0.591. The largest absolute Gasteiger partial charge is 0.353 e. The van der Waals surface area contributed by atoms with Crippen LogP contribution in [-0.4, -0.2) is 36.6 Å². The fourth-order valence-electron chi connectivity index (χ4n) is 1.31. The molecule has 0 aliphatic heterocycles. The molecule has 2 rings (SSSR count). The topological polar surface area (TPSA) is 41.1 Å². The van der Waals surface area contributed by atoms with Crippen molar-refractivity contribution in [1.82, 2.24) is 15.5 Å². The Balaban J connectivity index is 1.63. The molecule has 19 heavy (non-hydrogen) atoms. The van der Waals surface area contributed by atoms with Crippen LogP contribution in [0.1, 0.15) is 4.88 Å². The van der Waals surface area contributed by atoms with Gasteiger partial charge in [0.15, 0.2) is 4.34 Å². The summed E-state index contributed by atoms with van der Waals surface area (Å²) in [6.07, 6.45) is 0. The van der Waals surface area contributed by atoms with Crippen LogP contribution < -0.4 is 10.2 Å². The second-order valence-electron chi connectivity index (χ2n) is 4.00. The molecule has 2 aromatic rings. The number of nitrogens with zero attached hydrogens (tertiary/aromatic N) is 3. The molecule has 0 amide bonds. The Morgan fingerprint density at radius 3 is 2.89 bits per heavy atom. The number of aromatic nitrogens is 2. The molecule has 0 atom stereocenters. The van der Waals surface area contributed by atoms with E-state index in [1.807, 2.05) is 19.0 Å². The minimum absolute atomic E-state index is 0.926. The SMILES string of the molecule is CN(C)c1nnc(SCCNCc2cc(Br)cs2)s1.